The number of carbonyl (C=O) groups is 2. The third-order valence-corrected chi connectivity index (χ3v) is 3.34. The minimum Gasteiger partial charge on any atom is -0.341 e. The number of carbonyl (C=O) groups excluding carboxylic acids is 2. The van der Waals surface area contributed by atoms with Crippen LogP contribution in [0.3, 0.4) is 0 Å². The predicted octanol–water partition coefficient (Wildman–Crippen LogP) is 1.72. The molecule has 0 unspecified atom stereocenters. The molecule has 1 aromatic carbocycles. The van der Waals surface area contributed by atoms with Gasteiger partial charge in [0.2, 0.25) is 11.8 Å². The topological polar surface area (TPSA) is 49.4 Å². The standard InChI is InChI=1S/C14H18N2O2/c1-9-4-5-13(10(2)6-9)15-14(18)12-7-16(8-12)11(3)17/h4-6,12H,7-8H2,1-3H3,(H,15,18). The normalized spacial score (nSPS) is 15.2. The van der Waals surface area contributed by atoms with Crippen LogP contribution in [0.1, 0.15) is 18.1 Å². The van der Waals surface area contributed by atoms with E-state index in [-0.39, 0.29) is 17.7 Å². The highest BCUT2D eigenvalue weighted by Crippen LogP contribution is 2.20. The number of aryl methyl sites for hydroxylation is 2. The molecule has 0 saturated carbocycles. The van der Waals surface area contributed by atoms with Gasteiger partial charge in [0, 0.05) is 25.7 Å². The molecule has 0 aromatic heterocycles. The molecule has 0 spiro atoms. The number of nitrogens with zero attached hydrogens (tertiary/aromatic N) is 1. The largest absolute Gasteiger partial charge is 0.341 e. The number of anilines is 1. The van der Waals surface area contributed by atoms with Crippen molar-refractivity contribution in [3.05, 3.63) is 29.3 Å². The van der Waals surface area contributed by atoms with Crippen LogP contribution < -0.4 is 5.32 Å². The fraction of sp³-hybridized carbons (Fsp3) is 0.429. The highest BCUT2D eigenvalue weighted by Gasteiger charge is 2.34. The monoisotopic (exact) mass is 246 g/mol. The molecule has 0 atom stereocenters. The van der Waals surface area contributed by atoms with Crippen molar-refractivity contribution in [2.24, 2.45) is 5.92 Å². The lowest BCUT2D eigenvalue weighted by Crippen LogP contribution is -2.53. The van der Waals surface area contributed by atoms with Crippen LogP contribution in [0.15, 0.2) is 18.2 Å². The smallest absolute Gasteiger partial charge is 0.231 e. The highest BCUT2D eigenvalue weighted by molar-refractivity contribution is 5.95. The second-order valence-corrected chi connectivity index (χ2v) is 4.93. The molecule has 1 aliphatic heterocycles. The number of rotatable bonds is 2. The van der Waals surface area contributed by atoms with Gasteiger partial charge in [-0.05, 0) is 25.5 Å². The van der Waals surface area contributed by atoms with Crippen molar-refractivity contribution in [1.29, 1.82) is 0 Å². The zero-order valence-corrected chi connectivity index (χ0v) is 11.0. The summed E-state index contributed by atoms with van der Waals surface area (Å²) >= 11 is 0. The summed E-state index contributed by atoms with van der Waals surface area (Å²) < 4.78 is 0. The van der Waals surface area contributed by atoms with Crippen LogP contribution in [-0.4, -0.2) is 29.8 Å². The molecule has 18 heavy (non-hydrogen) atoms. The number of hydrogen-bond donors (Lipinski definition) is 1. The van der Waals surface area contributed by atoms with Gasteiger partial charge in [-0.3, -0.25) is 9.59 Å². The Bertz CT molecular complexity index is 491. The molecule has 1 heterocycles. The van der Waals surface area contributed by atoms with E-state index in [2.05, 4.69) is 5.32 Å². The number of amides is 2. The van der Waals surface area contributed by atoms with Crippen molar-refractivity contribution in [1.82, 2.24) is 4.90 Å². The molecule has 1 fully saturated rings. The molecule has 1 saturated heterocycles. The summed E-state index contributed by atoms with van der Waals surface area (Å²) in [6, 6.07) is 5.94. The van der Waals surface area contributed by atoms with Crippen LogP contribution in [0, 0.1) is 19.8 Å². The van der Waals surface area contributed by atoms with Gasteiger partial charge < -0.3 is 10.2 Å². The third kappa shape index (κ3) is 2.53. The second-order valence-electron chi connectivity index (χ2n) is 4.93. The van der Waals surface area contributed by atoms with Gasteiger partial charge in [-0.15, -0.1) is 0 Å². The highest BCUT2D eigenvalue weighted by atomic mass is 16.2. The van der Waals surface area contributed by atoms with Gasteiger partial charge in [0.05, 0.1) is 5.92 Å². The molecule has 96 valence electrons. The molecular formula is C14H18N2O2. The lowest BCUT2D eigenvalue weighted by Gasteiger charge is -2.37. The quantitative estimate of drug-likeness (QED) is 0.863. The van der Waals surface area contributed by atoms with Gasteiger partial charge in [0.1, 0.15) is 0 Å². The first kappa shape index (κ1) is 12.6. The molecule has 1 N–H and O–H groups in total. The van der Waals surface area contributed by atoms with E-state index in [0.717, 1.165) is 11.3 Å². The Labute approximate surface area is 107 Å². The van der Waals surface area contributed by atoms with Crippen LogP contribution in [0.4, 0.5) is 5.69 Å². The fourth-order valence-corrected chi connectivity index (χ4v) is 2.09. The Morgan fingerprint density at radius 1 is 1.28 bits per heavy atom. The Balaban J connectivity index is 1.94. The molecule has 2 amide bonds. The first-order chi connectivity index (χ1) is 8.47. The van der Waals surface area contributed by atoms with E-state index in [1.807, 2.05) is 32.0 Å². The molecule has 1 aliphatic rings. The molecule has 2 rings (SSSR count). The zero-order chi connectivity index (χ0) is 13.3. The summed E-state index contributed by atoms with van der Waals surface area (Å²) in [7, 11) is 0. The van der Waals surface area contributed by atoms with Gasteiger partial charge in [-0.2, -0.15) is 0 Å². The molecule has 0 bridgehead atoms. The number of hydrogen-bond acceptors (Lipinski definition) is 2. The first-order valence-corrected chi connectivity index (χ1v) is 6.11. The summed E-state index contributed by atoms with van der Waals surface area (Å²) in [4.78, 5) is 24.7. The van der Waals surface area contributed by atoms with Crippen molar-refractivity contribution in [2.45, 2.75) is 20.8 Å². The Kier molecular flexibility index (Phi) is 3.36. The summed E-state index contributed by atoms with van der Waals surface area (Å²) in [5.74, 6) is -0.0420. The van der Waals surface area contributed by atoms with E-state index in [0.29, 0.717) is 13.1 Å². The van der Waals surface area contributed by atoms with Crippen molar-refractivity contribution in [2.75, 3.05) is 18.4 Å². The number of benzene rings is 1. The maximum absolute atomic E-state index is 12.0. The van der Waals surface area contributed by atoms with Crippen LogP contribution in [0.5, 0.6) is 0 Å². The van der Waals surface area contributed by atoms with Gasteiger partial charge >= 0.3 is 0 Å². The average Bonchev–Trinajstić information content (AvgIpc) is 2.19. The van der Waals surface area contributed by atoms with Crippen molar-refractivity contribution >= 4 is 17.5 Å². The van der Waals surface area contributed by atoms with E-state index < -0.39 is 0 Å². The Morgan fingerprint density at radius 2 is 1.94 bits per heavy atom. The lowest BCUT2D eigenvalue weighted by molar-refractivity contribution is -0.139. The minimum atomic E-state index is -0.0744. The zero-order valence-electron chi connectivity index (χ0n) is 11.0. The summed E-state index contributed by atoms with van der Waals surface area (Å²) in [6.07, 6.45) is 0. The maximum Gasteiger partial charge on any atom is 0.231 e. The minimum absolute atomic E-state index is 0.000506. The second kappa shape index (κ2) is 4.80. The lowest BCUT2D eigenvalue weighted by atomic mass is 9.99. The van der Waals surface area contributed by atoms with Gasteiger partial charge in [0.25, 0.3) is 0 Å². The SMILES string of the molecule is CC(=O)N1CC(C(=O)Nc2ccc(C)cc2C)C1. The summed E-state index contributed by atoms with van der Waals surface area (Å²) in [5.41, 5.74) is 3.09. The number of likely N-dealkylation sites (tertiary alicyclic amines) is 1. The third-order valence-electron chi connectivity index (χ3n) is 3.34. The van der Waals surface area contributed by atoms with Gasteiger partial charge in [-0.25, -0.2) is 0 Å². The van der Waals surface area contributed by atoms with Crippen molar-refractivity contribution in [3.8, 4) is 0 Å². The van der Waals surface area contributed by atoms with Gasteiger partial charge in [-0.1, -0.05) is 17.7 Å². The van der Waals surface area contributed by atoms with Crippen molar-refractivity contribution in [3.63, 3.8) is 0 Å². The molecule has 1 aromatic rings. The van der Waals surface area contributed by atoms with Crippen LogP contribution in [0.2, 0.25) is 0 Å². The molecular weight excluding hydrogens is 228 g/mol. The Hall–Kier alpha value is -1.84. The van der Waals surface area contributed by atoms with E-state index in [4.69, 9.17) is 0 Å². The molecule has 0 radical (unpaired) electrons. The first-order valence-electron chi connectivity index (χ1n) is 6.11. The number of nitrogens with one attached hydrogen (secondary N) is 1. The summed E-state index contributed by atoms with van der Waals surface area (Å²) in [5, 5.41) is 2.92. The molecule has 4 nitrogen and oxygen atoms in total. The molecule has 4 heteroatoms. The maximum atomic E-state index is 12.0. The van der Waals surface area contributed by atoms with Gasteiger partial charge in [0.15, 0.2) is 0 Å². The molecule has 0 aliphatic carbocycles. The van der Waals surface area contributed by atoms with Crippen LogP contribution in [0.25, 0.3) is 0 Å². The van der Waals surface area contributed by atoms with Crippen LogP contribution in [-0.2, 0) is 9.59 Å². The average molecular weight is 246 g/mol. The van der Waals surface area contributed by atoms with E-state index >= 15 is 0 Å². The summed E-state index contributed by atoms with van der Waals surface area (Å²) in [6.45, 7) is 6.59. The van der Waals surface area contributed by atoms with Crippen molar-refractivity contribution < 1.29 is 9.59 Å². The van der Waals surface area contributed by atoms with Crippen LogP contribution >= 0.6 is 0 Å². The predicted molar refractivity (Wildman–Crippen MR) is 70.3 cm³/mol. The van der Waals surface area contributed by atoms with E-state index in [9.17, 15) is 9.59 Å². The van der Waals surface area contributed by atoms with E-state index in [1.54, 1.807) is 4.90 Å². The Morgan fingerprint density at radius 3 is 2.50 bits per heavy atom. The fourth-order valence-electron chi connectivity index (χ4n) is 2.09. The van der Waals surface area contributed by atoms with E-state index in [1.165, 1.54) is 12.5 Å².